The summed E-state index contributed by atoms with van der Waals surface area (Å²) in [4.78, 5) is 16.6. The Kier molecular flexibility index (Phi) is 7.97. The summed E-state index contributed by atoms with van der Waals surface area (Å²) in [7, 11) is 0. The van der Waals surface area contributed by atoms with Crippen molar-refractivity contribution in [1.29, 1.82) is 0 Å². The molecule has 43 heavy (non-hydrogen) atoms. The van der Waals surface area contributed by atoms with Crippen LogP contribution in [0.3, 0.4) is 0 Å². The van der Waals surface area contributed by atoms with Crippen molar-refractivity contribution in [2.45, 2.75) is 58.2 Å². The van der Waals surface area contributed by atoms with Crippen LogP contribution in [0.2, 0.25) is 0 Å². The summed E-state index contributed by atoms with van der Waals surface area (Å²) in [5, 5.41) is 16.1. The van der Waals surface area contributed by atoms with E-state index in [2.05, 4.69) is 93.7 Å². The molecule has 6 aromatic rings. The van der Waals surface area contributed by atoms with Crippen molar-refractivity contribution >= 4 is 27.8 Å². The second kappa shape index (κ2) is 12.1. The van der Waals surface area contributed by atoms with E-state index in [1.165, 1.54) is 21.9 Å². The summed E-state index contributed by atoms with van der Waals surface area (Å²) in [6.45, 7) is 6.18. The van der Waals surface area contributed by atoms with Gasteiger partial charge in [0.15, 0.2) is 5.82 Å². The maximum absolute atomic E-state index is 13.2. The third kappa shape index (κ3) is 6.61. The third-order valence-corrected chi connectivity index (χ3v) is 7.65. The smallest absolute Gasteiger partial charge is 0.408 e. The molecule has 6 rings (SSSR count). The summed E-state index contributed by atoms with van der Waals surface area (Å²) in [6.07, 6.45) is 3.60. The van der Waals surface area contributed by atoms with Crippen molar-refractivity contribution in [3.8, 4) is 0 Å². The SMILES string of the molecule is CC(C)(C)OC(=O)N[C@H](Cc1c[nH]c2ccccc12)c1nnc(CCc2ccccc2)n1Cc1cccc2ccccc12. The Morgan fingerprint density at radius 1 is 0.837 bits per heavy atom. The van der Waals surface area contributed by atoms with E-state index in [-0.39, 0.29) is 0 Å². The number of aryl methyl sites for hydroxylation is 2. The second-order valence-corrected chi connectivity index (χ2v) is 11.9. The van der Waals surface area contributed by atoms with Crippen LogP contribution >= 0.6 is 0 Å². The van der Waals surface area contributed by atoms with Gasteiger partial charge in [-0.3, -0.25) is 0 Å². The monoisotopic (exact) mass is 571 g/mol. The van der Waals surface area contributed by atoms with Crippen LogP contribution < -0.4 is 5.32 Å². The minimum Gasteiger partial charge on any atom is -0.444 e. The summed E-state index contributed by atoms with van der Waals surface area (Å²) in [5.74, 6) is 1.58. The lowest BCUT2D eigenvalue weighted by Gasteiger charge is -2.24. The minimum atomic E-state index is -0.632. The molecule has 7 nitrogen and oxygen atoms in total. The number of amides is 1. The number of benzene rings is 4. The van der Waals surface area contributed by atoms with Crippen LogP contribution in [0.4, 0.5) is 4.79 Å². The van der Waals surface area contributed by atoms with Gasteiger partial charge in [0, 0.05) is 29.9 Å². The molecule has 2 N–H and O–H groups in total. The summed E-state index contributed by atoms with van der Waals surface area (Å²) >= 11 is 0. The minimum absolute atomic E-state index is 0.470. The van der Waals surface area contributed by atoms with Gasteiger partial charge < -0.3 is 19.6 Å². The fourth-order valence-electron chi connectivity index (χ4n) is 5.64. The maximum Gasteiger partial charge on any atom is 0.408 e. The van der Waals surface area contributed by atoms with Crippen LogP contribution in [-0.2, 0) is 30.5 Å². The fraction of sp³-hybridized carbons (Fsp3) is 0.250. The fourth-order valence-corrected chi connectivity index (χ4v) is 5.64. The van der Waals surface area contributed by atoms with E-state index in [0.29, 0.717) is 25.2 Å². The molecule has 7 heteroatoms. The Balaban J connectivity index is 1.41. The molecule has 2 aromatic heterocycles. The molecule has 0 fully saturated rings. The highest BCUT2D eigenvalue weighted by molar-refractivity contribution is 5.85. The Bertz CT molecular complexity index is 1840. The van der Waals surface area contributed by atoms with Gasteiger partial charge in [-0.15, -0.1) is 10.2 Å². The molecule has 0 aliphatic heterocycles. The highest BCUT2D eigenvalue weighted by Crippen LogP contribution is 2.27. The number of fused-ring (bicyclic) bond motifs is 2. The van der Waals surface area contributed by atoms with Crippen molar-refractivity contribution in [3.63, 3.8) is 0 Å². The molecular formula is C36H37N5O2. The average Bonchev–Trinajstić information content (AvgIpc) is 3.59. The number of nitrogens with zero attached hydrogens (tertiary/aromatic N) is 3. The number of alkyl carbamates (subject to hydrolysis) is 1. The number of aromatic nitrogens is 4. The number of para-hydroxylation sites is 1. The summed E-state index contributed by atoms with van der Waals surface area (Å²) in [6, 6.07) is 32.9. The van der Waals surface area contributed by atoms with Crippen molar-refractivity contribution in [2.24, 2.45) is 0 Å². The van der Waals surface area contributed by atoms with Gasteiger partial charge in [0.1, 0.15) is 11.4 Å². The molecule has 1 atom stereocenters. The van der Waals surface area contributed by atoms with Crippen LogP contribution in [0.25, 0.3) is 21.7 Å². The van der Waals surface area contributed by atoms with E-state index in [0.717, 1.165) is 28.7 Å². The Morgan fingerprint density at radius 2 is 1.56 bits per heavy atom. The largest absolute Gasteiger partial charge is 0.444 e. The van der Waals surface area contributed by atoms with Crippen molar-refractivity contribution in [3.05, 3.63) is 132 Å². The van der Waals surface area contributed by atoms with E-state index in [4.69, 9.17) is 14.9 Å². The van der Waals surface area contributed by atoms with Crippen LogP contribution in [0.1, 0.15) is 55.2 Å². The number of hydrogen-bond donors (Lipinski definition) is 2. The van der Waals surface area contributed by atoms with Gasteiger partial charge in [0.25, 0.3) is 0 Å². The summed E-state index contributed by atoms with van der Waals surface area (Å²) in [5.41, 5.74) is 3.91. The molecule has 1 amide bonds. The zero-order chi connectivity index (χ0) is 29.8. The third-order valence-electron chi connectivity index (χ3n) is 7.65. The molecule has 0 saturated heterocycles. The highest BCUT2D eigenvalue weighted by Gasteiger charge is 2.27. The van der Waals surface area contributed by atoms with Gasteiger partial charge in [-0.05, 0) is 60.7 Å². The lowest BCUT2D eigenvalue weighted by atomic mass is 10.0. The number of aromatic amines is 1. The van der Waals surface area contributed by atoms with Crippen LogP contribution in [0.5, 0.6) is 0 Å². The zero-order valence-corrected chi connectivity index (χ0v) is 24.9. The number of H-pyrrole nitrogens is 1. The first-order valence-electron chi connectivity index (χ1n) is 14.8. The van der Waals surface area contributed by atoms with Gasteiger partial charge >= 0.3 is 6.09 Å². The van der Waals surface area contributed by atoms with Crippen molar-refractivity contribution < 1.29 is 9.53 Å². The zero-order valence-electron chi connectivity index (χ0n) is 24.9. The molecule has 2 heterocycles. The first kappa shape index (κ1) is 28.2. The predicted molar refractivity (Wildman–Crippen MR) is 171 cm³/mol. The molecule has 0 aliphatic carbocycles. The van der Waals surface area contributed by atoms with Crippen LogP contribution in [0, 0.1) is 0 Å². The van der Waals surface area contributed by atoms with Gasteiger partial charge in [0.2, 0.25) is 0 Å². The quantitative estimate of drug-likeness (QED) is 0.188. The maximum atomic E-state index is 13.2. The Morgan fingerprint density at radius 3 is 2.37 bits per heavy atom. The Labute approximate surface area is 251 Å². The first-order chi connectivity index (χ1) is 20.8. The van der Waals surface area contributed by atoms with E-state index < -0.39 is 17.7 Å². The predicted octanol–water partition coefficient (Wildman–Crippen LogP) is 7.55. The standard InChI is InChI=1S/C36H37N5O2/c1-36(2,3)43-35(42)38-32(22-28-23-37-31-19-10-9-18-30(28)31)34-40-39-33(21-20-25-12-5-4-6-13-25)41(34)24-27-16-11-15-26-14-7-8-17-29(26)27/h4-19,23,32,37H,20-22,24H2,1-3H3,(H,38,42)/t32-/m1/s1. The van der Waals surface area contributed by atoms with Crippen LogP contribution in [0.15, 0.2) is 103 Å². The normalized spacial score (nSPS) is 12.4. The summed E-state index contributed by atoms with van der Waals surface area (Å²) < 4.78 is 7.89. The topological polar surface area (TPSA) is 84.8 Å². The highest BCUT2D eigenvalue weighted by atomic mass is 16.6. The molecule has 0 saturated carbocycles. The number of carbonyl (C=O) groups excluding carboxylic acids is 1. The van der Waals surface area contributed by atoms with E-state index >= 15 is 0 Å². The average molecular weight is 572 g/mol. The van der Waals surface area contributed by atoms with Crippen molar-refractivity contribution in [2.75, 3.05) is 0 Å². The van der Waals surface area contributed by atoms with Gasteiger partial charge in [-0.2, -0.15) is 0 Å². The first-order valence-corrected chi connectivity index (χ1v) is 14.8. The lowest BCUT2D eigenvalue weighted by Crippen LogP contribution is -2.37. The van der Waals surface area contributed by atoms with E-state index in [1.807, 2.05) is 45.2 Å². The second-order valence-electron chi connectivity index (χ2n) is 11.9. The Hall–Kier alpha value is -4.91. The van der Waals surface area contributed by atoms with Crippen molar-refractivity contribution in [1.82, 2.24) is 25.1 Å². The lowest BCUT2D eigenvalue weighted by molar-refractivity contribution is 0.0500. The van der Waals surface area contributed by atoms with Gasteiger partial charge in [-0.1, -0.05) is 91.0 Å². The van der Waals surface area contributed by atoms with Gasteiger partial charge in [0.05, 0.1) is 12.6 Å². The molecule has 0 spiro atoms. The van der Waals surface area contributed by atoms with E-state index in [1.54, 1.807) is 0 Å². The number of carbonyl (C=O) groups is 1. The van der Waals surface area contributed by atoms with E-state index in [9.17, 15) is 4.79 Å². The number of nitrogens with one attached hydrogen (secondary N) is 2. The molecule has 0 unspecified atom stereocenters. The molecule has 4 aromatic carbocycles. The number of ether oxygens (including phenoxy) is 1. The van der Waals surface area contributed by atoms with Crippen LogP contribution in [-0.4, -0.2) is 31.4 Å². The van der Waals surface area contributed by atoms with Gasteiger partial charge in [-0.25, -0.2) is 4.79 Å². The number of hydrogen-bond acceptors (Lipinski definition) is 4. The molecule has 0 bridgehead atoms. The molecular weight excluding hydrogens is 534 g/mol. The molecule has 218 valence electrons. The molecule has 0 aliphatic rings. The molecule has 0 radical (unpaired) electrons. The number of rotatable bonds is 9.